The Morgan fingerprint density at radius 2 is 1.96 bits per heavy atom. The van der Waals surface area contributed by atoms with E-state index in [9.17, 15) is 14.9 Å². The van der Waals surface area contributed by atoms with Gasteiger partial charge in [-0.15, -0.1) is 0 Å². The fraction of sp³-hybridized carbons (Fsp3) is 0.118. The molecule has 1 aliphatic rings. The molecule has 3 aromatic rings. The third-order valence-corrected chi connectivity index (χ3v) is 4.09. The van der Waals surface area contributed by atoms with Crippen molar-refractivity contribution in [2.45, 2.75) is 12.8 Å². The van der Waals surface area contributed by atoms with Gasteiger partial charge >= 0.3 is 0 Å². The molecule has 0 radical (unpaired) electrons. The van der Waals surface area contributed by atoms with E-state index in [0.717, 1.165) is 5.69 Å². The molecule has 0 unspecified atom stereocenters. The number of para-hydroxylation sites is 2. The van der Waals surface area contributed by atoms with Crippen molar-refractivity contribution in [2.24, 2.45) is 5.10 Å². The largest absolute Gasteiger partial charge is 0.296 e. The number of hydrogen-bond acceptors (Lipinski definition) is 6. The summed E-state index contributed by atoms with van der Waals surface area (Å²) >= 11 is 0. The first-order valence-electron chi connectivity index (χ1n) is 7.72. The van der Waals surface area contributed by atoms with E-state index in [1.54, 1.807) is 28.8 Å². The molecule has 0 saturated carbocycles. The van der Waals surface area contributed by atoms with Gasteiger partial charge in [-0.1, -0.05) is 18.2 Å². The van der Waals surface area contributed by atoms with Crippen LogP contribution in [0, 0.1) is 10.1 Å². The summed E-state index contributed by atoms with van der Waals surface area (Å²) in [7, 11) is 0. The van der Waals surface area contributed by atoms with Crippen LogP contribution in [0.1, 0.15) is 22.6 Å². The van der Waals surface area contributed by atoms with Gasteiger partial charge in [0.15, 0.2) is 0 Å². The normalized spacial score (nSPS) is 15.4. The molecule has 0 amide bonds. The summed E-state index contributed by atoms with van der Waals surface area (Å²) in [5.74, 6) is -0.217. The molecule has 4 rings (SSSR count). The van der Waals surface area contributed by atoms with E-state index in [-0.39, 0.29) is 17.2 Å². The highest BCUT2D eigenvalue weighted by atomic mass is 16.6. The molecule has 0 spiro atoms. The van der Waals surface area contributed by atoms with Gasteiger partial charge < -0.3 is 0 Å². The van der Waals surface area contributed by atoms with Crippen molar-refractivity contribution in [3.05, 3.63) is 70.2 Å². The molecule has 1 aromatic carbocycles. The molecule has 1 N–H and O–H groups in total. The smallest absolute Gasteiger partial charge is 0.294 e. The van der Waals surface area contributed by atoms with Crippen molar-refractivity contribution in [1.82, 2.24) is 9.38 Å². The van der Waals surface area contributed by atoms with Crippen molar-refractivity contribution < 1.29 is 9.72 Å². The number of nitro groups is 1. The first-order chi connectivity index (χ1) is 12.1. The van der Waals surface area contributed by atoms with E-state index >= 15 is 0 Å². The standard InChI is InChI=1S/C17H13N5O3/c23-17-13(20-19-11-5-1-2-6-14(11)22(24)25)9-8-12-16(17)21-10-4-3-7-15(21)18-12/h1-7,10,19H,8-9H2/b20-13-. The van der Waals surface area contributed by atoms with Crippen LogP contribution in [-0.4, -0.2) is 25.8 Å². The number of nitrogens with zero attached hydrogens (tertiary/aromatic N) is 4. The van der Waals surface area contributed by atoms with Crippen LogP contribution >= 0.6 is 0 Å². The van der Waals surface area contributed by atoms with Gasteiger partial charge in [-0.25, -0.2) is 4.98 Å². The number of pyridine rings is 1. The molecular weight excluding hydrogens is 322 g/mol. The molecular formula is C17H13N5O3. The summed E-state index contributed by atoms with van der Waals surface area (Å²) in [6.07, 6.45) is 2.82. The molecule has 25 heavy (non-hydrogen) atoms. The molecule has 0 fully saturated rings. The molecule has 0 aliphatic heterocycles. The Kier molecular flexibility index (Phi) is 3.50. The van der Waals surface area contributed by atoms with E-state index in [0.29, 0.717) is 29.9 Å². The van der Waals surface area contributed by atoms with Gasteiger partial charge in [0.2, 0.25) is 5.78 Å². The summed E-state index contributed by atoms with van der Waals surface area (Å²) < 4.78 is 1.75. The lowest BCUT2D eigenvalue weighted by atomic mass is 9.98. The highest BCUT2D eigenvalue weighted by Gasteiger charge is 2.28. The number of carbonyl (C=O) groups is 1. The number of imidazole rings is 1. The molecule has 124 valence electrons. The van der Waals surface area contributed by atoms with E-state index in [4.69, 9.17) is 0 Å². The first-order valence-corrected chi connectivity index (χ1v) is 7.72. The second-order valence-corrected chi connectivity index (χ2v) is 5.61. The predicted octanol–water partition coefficient (Wildman–Crippen LogP) is 2.84. The SMILES string of the molecule is O=C1/C(=N\Nc2ccccc2[N+](=O)[O-])CCc2nc3ccccn3c21. The topological polar surface area (TPSA) is 102 Å². The number of aryl methyl sites for hydroxylation is 1. The Balaban J connectivity index is 1.68. The zero-order valence-electron chi connectivity index (χ0n) is 13.0. The number of rotatable bonds is 3. The molecule has 0 atom stereocenters. The number of fused-ring (bicyclic) bond motifs is 3. The Labute approximate surface area is 142 Å². The number of Topliss-reactive ketones (excluding diaryl/α,β-unsaturated/α-hetero) is 1. The lowest BCUT2D eigenvalue weighted by molar-refractivity contribution is -0.384. The average Bonchev–Trinajstić information content (AvgIpc) is 3.00. The van der Waals surface area contributed by atoms with Gasteiger partial charge in [-0.3, -0.25) is 24.7 Å². The highest BCUT2D eigenvalue weighted by molar-refractivity contribution is 6.46. The van der Waals surface area contributed by atoms with Crippen LogP contribution < -0.4 is 5.43 Å². The summed E-state index contributed by atoms with van der Waals surface area (Å²) in [5.41, 5.74) is 5.12. The Morgan fingerprint density at radius 1 is 1.16 bits per heavy atom. The Morgan fingerprint density at radius 3 is 2.80 bits per heavy atom. The van der Waals surface area contributed by atoms with Crippen LogP contribution in [-0.2, 0) is 6.42 Å². The second-order valence-electron chi connectivity index (χ2n) is 5.61. The number of hydrazone groups is 1. The maximum atomic E-state index is 12.8. The van der Waals surface area contributed by atoms with E-state index < -0.39 is 4.92 Å². The van der Waals surface area contributed by atoms with Crippen molar-refractivity contribution in [2.75, 3.05) is 5.43 Å². The number of ketones is 1. The summed E-state index contributed by atoms with van der Waals surface area (Å²) in [4.78, 5) is 27.8. The van der Waals surface area contributed by atoms with Crippen LogP contribution in [0.4, 0.5) is 11.4 Å². The molecule has 0 bridgehead atoms. The quantitative estimate of drug-likeness (QED) is 0.586. The van der Waals surface area contributed by atoms with Crippen molar-refractivity contribution >= 4 is 28.5 Å². The van der Waals surface area contributed by atoms with Gasteiger partial charge in [0.1, 0.15) is 22.7 Å². The minimum atomic E-state index is -0.492. The molecule has 1 aliphatic carbocycles. The summed E-state index contributed by atoms with van der Waals surface area (Å²) in [5, 5.41) is 15.2. The van der Waals surface area contributed by atoms with Crippen molar-refractivity contribution in [3.8, 4) is 0 Å². The Hall–Kier alpha value is -3.55. The first kappa shape index (κ1) is 15.0. The van der Waals surface area contributed by atoms with E-state index in [1.807, 2.05) is 18.2 Å². The number of anilines is 1. The zero-order valence-corrected chi connectivity index (χ0v) is 13.0. The summed E-state index contributed by atoms with van der Waals surface area (Å²) in [6.45, 7) is 0. The fourth-order valence-corrected chi connectivity index (χ4v) is 2.91. The Bertz CT molecular complexity index is 1040. The van der Waals surface area contributed by atoms with Crippen molar-refractivity contribution in [1.29, 1.82) is 0 Å². The third kappa shape index (κ3) is 2.53. The maximum Gasteiger partial charge on any atom is 0.294 e. The van der Waals surface area contributed by atoms with Gasteiger partial charge in [-0.05, 0) is 24.6 Å². The maximum absolute atomic E-state index is 12.8. The molecule has 2 heterocycles. The lowest BCUT2D eigenvalue weighted by Crippen LogP contribution is -2.24. The van der Waals surface area contributed by atoms with Crippen LogP contribution in [0.5, 0.6) is 0 Å². The van der Waals surface area contributed by atoms with Crippen LogP contribution in [0.15, 0.2) is 53.8 Å². The van der Waals surface area contributed by atoms with E-state index in [1.165, 1.54) is 6.07 Å². The number of hydrogen-bond donors (Lipinski definition) is 1. The number of carbonyl (C=O) groups excluding carboxylic acids is 1. The number of aromatic nitrogens is 2. The monoisotopic (exact) mass is 335 g/mol. The molecule has 8 heteroatoms. The number of benzene rings is 1. The predicted molar refractivity (Wildman–Crippen MR) is 92.0 cm³/mol. The molecule has 0 saturated heterocycles. The van der Waals surface area contributed by atoms with E-state index in [2.05, 4.69) is 15.5 Å². The fourth-order valence-electron chi connectivity index (χ4n) is 2.91. The third-order valence-electron chi connectivity index (χ3n) is 4.09. The molecule has 2 aromatic heterocycles. The average molecular weight is 335 g/mol. The number of nitrogens with one attached hydrogen (secondary N) is 1. The lowest BCUT2D eigenvalue weighted by Gasteiger charge is -2.12. The summed E-state index contributed by atoms with van der Waals surface area (Å²) in [6, 6.07) is 11.7. The van der Waals surface area contributed by atoms with Crippen LogP contribution in [0.25, 0.3) is 5.65 Å². The van der Waals surface area contributed by atoms with Crippen LogP contribution in [0.3, 0.4) is 0 Å². The van der Waals surface area contributed by atoms with Gasteiger partial charge in [0, 0.05) is 18.7 Å². The molecule has 8 nitrogen and oxygen atoms in total. The van der Waals surface area contributed by atoms with Crippen molar-refractivity contribution in [3.63, 3.8) is 0 Å². The van der Waals surface area contributed by atoms with Crippen LogP contribution in [0.2, 0.25) is 0 Å². The zero-order chi connectivity index (χ0) is 17.4. The highest BCUT2D eigenvalue weighted by Crippen LogP contribution is 2.25. The number of nitro benzene ring substituents is 1. The van der Waals surface area contributed by atoms with Gasteiger partial charge in [-0.2, -0.15) is 5.10 Å². The van der Waals surface area contributed by atoms with Gasteiger partial charge in [0.05, 0.1) is 10.6 Å². The van der Waals surface area contributed by atoms with Gasteiger partial charge in [0.25, 0.3) is 5.69 Å². The minimum Gasteiger partial charge on any atom is -0.296 e. The second kappa shape index (κ2) is 5.82. The minimum absolute atomic E-state index is 0.0920.